The van der Waals surface area contributed by atoms with E-state index in [4.69, 9.17) is 0 Å². The van der Waals surface area contributed by atoms with Crippen molar-refractivity contribution in [2.45, 2.75) is 26.9 Å². The maximum Gasteiger partial charge on any atom is 0.244 e. The summed E-state index contributed by atoms with van der Waals surface area (Å²) in [7, 11) is 1.77. The summed E-state index contributed by atoms with van der Waals surface area (Å²) < 4.78 is 3.32. The average molecular weight is 325 g/mol. The third-order valence-electron chi connectivity index (χ3n) is 3.95. The second-order valence-electron chi connectivity index (χ2n) is 5.65. The van der Waals surface area contributed by atoms with Crippen LogP contribution in [0, 0.1) is 13.8 Å². The molecular weight excluding hydrogens is 306 g/mol. The molecule has 3 rings (SSSR count). The molecule has 124 valence electrons. The Morgan fingerprint density at radius 1 is 1.21 bits per heavy atom. The van der Waals surface area contributed by atoms with Crippen LogP contribution in [-0.4, -0.2) is 47.8 Å². The smallest absolute Gasteiger partial charge is 0.244 e. The van der Waals surface area contributed by atoms with Gasteiger partial charge in [0.15, 0.2) is 0 Å². The predicted molar refractivity (Wildman–Crippen MR) is 87.3 cm³/mol. The van der Waals surface area contributed by atoms with Crippen LogP contribution < -0.4 is 0 Å². The molecule has 2 heterocycles. The number of rotatable bonds is 5. The second-order valence-corrected chi connectivity index (χ2v) is 5.65. The van der Waals surface area contributed by atoms with E-state index in [0.29, 0.717) is 6.54 Å². The molecule has 8 nitrogen and oxygen atoms in total. The molecule has 24 heavy (non-hydrogen) atoms. The standard InChI is InChI=1S/C16H19N7O/c1-12-15(9-21(3)16(24)10-22-11-17-19-20-22)13(2)23(18-12)14-7-5-4-6-8-14/h4-8,11H,9-10H2,1-3H3. The number of nitrogens with zero attached hydrogens (tertiary/aromatic N) is 7. The highest BCUT2D eigenvalue weighted by molar-refractivity contribution is 5.75. The van der Waals surface area contributed by atoms with Crippen LogP contribution in [0.5, 0.6) is 0 Å². The number of carbonyl (C=O) groups is 1. The monoisotopic (exact) mass is 325 g/mol. The maximum atomic E-state index is 12.3. The number of benzene rings is 1. The van der Waals surface area contributed by atoms with Crippen molar-refractivity contribution in [2.75, 3.05) is 7.05 Å². The molecule has 0 aliphatic rings. The molecule has 0 unspecified atom stereocenters. The highest BCUT2D eigenvalue weighted by Crippen LogP contribution is 2.19. The van der Waals surface area contributed by atoms with Crippen LogP contribution in [0.3, 0.4) is 0 Å². The van der Waals surface area contributed by atoms with Gasteiger partial charge in [-0.25, -0.2) is 9.36 Å². The Hall–Kier alpha value is -3.03. The van der Waals surface area contributed by atoms with Crippen LogP contribution >= 0.6 is 0 Å². The van der Waals surface area contributed by atoms with Crippen molar-refractivity contribution in [3.8, 4) is 5.69 Å². The van der Waals surface area contributed by atoms with Gasteiger partial charge in [0.2, 0.25) is 5.91 Å². The Bertz CT molecular complexity index is 824. The van der Waals surface area contributed by atoms with Crippen molar-refractivity contribution >= 4 is 5.91 Å². The summed E-state index contributed by atoms with van der Waals surface area (Å²) in [5.41, 5.74) is 4.00. The van der Waals surface area contributed by atoms with Gasteiger partial charge >= 0.3 is 0 Å². The van der Waals surface area contributed by atoms with E-state index in [1.165, 1.54) is 11.0 Å². The lowest BCUT2D eigenvalue weighted by Crippen LogP contribution is -2.30. The summed E-state index contributed by atoms with van der Waals surface area (Å²) >= 11 is 0. The van der Waals surface area contributed by atoms with Crippen LogP contribution in [0.15, 0.2) is 36.7 Å². The van der Waals surface area contributed by atoms with Crippen LogP contribution in [0.1, 0.15) is 17.0 Å². The molecule has 1 aromatic carbocycles. The number of hydrogen-bond acceptors (Lipinski definition) is 5. The lowest BCUT2D eigenvalue weighted by molar-refractivity contribution is -0.131. The van der Waals surface area contributed by atoms with Gasteiger partial charge in [-0.05, 0) is 36.4 Å². The van der Waals surface area contributed by atoms with E-state index in [-0.39, 0.29) is 12.5 Å². The average Bonchev–Trinajstić information content (AvgIpc) is 3.19. The highest BCUT2D eigenvalue weighted by Gasteiger charge is 2.17. The van der Waals surface area contributed by atoms with Crippen molar-refractivity contribution < 1.29 is 4.79 Å². The van der Waals surface area contributed by atoms with Crippen molar-refractivity contribution in [1.82, 2.24) is 34.9 Å². The fourth-order valence-electron chi connectivity index (χ4n) is 2.56. The van der Waals surface area contributed by atoms with Gasteiger partial charge in [-0.3, -0.25) is 4.79 Å². The lowest BCUT2D eigenvalue weighted by Gasteiger charge is -2.17. The van der Waals surface area contributed by atoms with E-state index in [0.717, 1.165) is 22.6 Å². The summed E-state index contributed by atoms with van der Waals surface area (Å²) in [5, 5.41) is 15.4. The first-order valence-corrected chi connectivity index (χ1v) is 7.61. The summed E-state index contributed by atoms with van der Waals surface area (Å²) in [6.45, 7) is 4.59. The Kier molecular flexibility index (Phi) is 4.37. The molecule has 0 atom stereocenters. The first-order chi connectivity index (χ1) is 11.6. The van der Waals surface area contributed by atoms with Gasteiger partial charge in [0, 0.05) is 24.8 Å². The van der Waals surface area contributed by atoms with Crippen molar-refractivity contribution in [2.24, 2.45) is 0 Å². The number of amides is 1. The molecule has 0 N–H and O–H groups in total. The van der Waals surface area contributed by atoms with Crippen LogP contribution in [0.2, 0.25) is 0 Å². The Balaban J connectivity index is 1.78. The number of hydrogen-bond donors (Lipinski definition) is 0. The summed E-state index contributed by atoms with van der Waals surface area (Å²) in [6.07, 6.45) is 1.43. The zero-order valence-electron chi connectivity index (χ0n) is 13.9. The van der Waals surface area contributed by atoms with Gasteiger partial charge in [-0.15, -0.1) is 5.10 Å². The normalized spacial score (nSPS) is 10.8. The number of carbonyl (C=O) groups excluding carboxylic acids is 1. The fourth-order valence-corrected chi connectivity index (χ4v) is 2.56. The van der Waals surface area contributed by atoms with Crippen molar-refractivity contribution in [3.63, 3.8) is 0 Å². The molecule has 8 heteroatoms. The quantitative estimate of drug-likeness (QED) is 0.702. The number of aromatic nitrogens is 6. The maximum absolute atomic E-state index is 12.3. The van der Waals surface area contributed by atoms with E-state index in [1.54, 1.807) is 11.9 Å². The molecule has 0 aliphatic heterocycles. The molecule has 0 saturated carbocycles. The minimum Gasteiger partial charge on any atom is -0.340 e. The van der Waals surface area contributed by atoms with Gasteiger partial charge < -0.3 is 4.90 Å². The van der Waals surface area contributed by atoms with Crippen molar-refractivity contribution in [1.29, 1.82) is 0 Å². The van der Waals surface area contributed by atoms with Crippen LogP contribution in [0.4, 0.5) is 0 Å². The van der Waals surface area contributed by atoms with Gasteiger partial charge in [-0.2, -0.15) is 5.10 Å². The third kappa shape index (κ3) is 3.17. The van der Waals surface area contributed by atoms with Crippen LogP contribution in [0.25, 0.3) is 5.69 Å². The van der Waals surface area contributed by atoms with Gasteiger partial charge in [0.25, 0.3) is 0 Å². The Morgan fingerprint density at radius 3 is 2.62 bits per heavy atom. The molecule has 3 aromatic rings. The topological polar surface area (TPSA) is 81.7 Å². The zero-order chi connectivity index (χ0) is 17.1. The highest BCUT2D eigenvalue weighted by atomic mass is 16.2. The molecule has 0 radical (unpaired) electrons. The predicted octanol–water partition coefficient (Wildman–Crippen LogP) is 1.13. The fraction of sp³-hybridized carbons (Fsp3) is 0.312. The molecule has 2 aromatic heterocycles. The first kappa shape index (κ1) is 15.9. The minimum atomic E-state index is -0.0615. The molecular formula is C16H19N7O. The first-order valence-electron chi connectivity index (χ1n) is 7.61. The SMILES string of the molecule is Cc1nn(-c2ccccc2)c(C)c1CN(C)C(=O)Cn1cnnn1. The second kappa shape index (κ2) is 6.61. The molecule has 0 fully saturated rings. The minimum absolute atomic E-state index is 0.0615. The van der Waals surface area contributed by atoms with Gasteiger partial charge in [0.1, 0.15) is 12.9 Å². The van der Waals surface area contributed by atoms with Crippen molar-refractivity contribution in [3.05, 3.63) is 53.6 Å². The number of para-hydroxylation sites is 1. The molecule has 0 aliphatic carbocycles. The molecule has 0 saturated heterocycles. The van der Waals surface area contributed by atoms with E-state index >= 15 is 0 Å². The third-order valence-corrected chi connectivity index (χ3v) is 3.95. The van der Waals surface area contributed by atoms with E-state index in [9.17, 15) is 4.79 Å². The molecule has 0 bridgehead atoms. The lowest BCUT2D eigenvalue weighted by atomic mass is 10.2. The van der Waals surface area contributed by atoms with Gasteiger partial charge in [0.05, 0.1) is 11.4 Å². The number of aryl methyl sites for hydroxylation is 1. The zero-order valence-corrected chi connectivity index (χ0v) is 13.9. The summed E-state index contributed by atoms with van der Waals surface area (Å²) in [6, 6.07) is 9.95. The van der Waals surface area contributed by atoms with Crippen LogP contribution in [-0.2, 0) is 17.9 Å². The summed E-state index contributed by atoms with van der Waals surface area (Å²) in [5.74, 6) is -0.0615. The largest absolute Gasteiger partial charge is 0.340 e. The Labute approximate surface area is 139 Å². The van der Waals surface area contributed by atoms with E-state index in [1.807, 2.05) is 48.9 Å². The molecule has 0 spiro atoms. The van der Waals surface area contributed by atoms with Gasteiger partial charge in [-0.1, -0.05) is 18.2 Å². The Morgan fingerprint density at radius 2 is 1.96 bits per heavy atom. The summed E-state index contributed by atoms with van der Waals surface area (Å²) in [4.78, 5) is 14.0. The molecule has 1 amide bonds. The number of tetrazole rings is 1. The van der Waals surface area contributed by atoms with E-state index < -0.39 is 0 Å². The number of likely N-dealkylation sites (N-methyl/N-ethyl adjacent to an activating group) is 1. The van der Waals surface area contributed by atoms with E-state index in [2.05, 4.69) is 20.6 Å².